The van der Waals surface area contributed by atoms with Crippen molar-refractivity contribution in [1.82, 2.24) is 4.90 Å². The van der Waals surface area contributed by atoms with Gasteiger partial charge in [-0.15, -0.1) is 11.6 Å². The van der Waals surface area contributed by atoms with Gasteiger partial charge in [-0.3, -0.25) is 4.79 Å². The molecule has 72 valence electrons. The summed E-state index contributed by atoms with van der Waals surface area (Å²) in [5, 5.41) is 0. The molecule has 0 saturated heterocycles. The second kappa shape index (κ2) is 6.30. The third-order valence-corrected chi connectivity index (χ3v) is 1.82. The van der Waals surface area contributed by atoms with Crippen molar-refractivity contribution in [3.05, 3.63) is 0 Å². The highest BCUT2D eigenvalue weighted by atomic mass is 35.5. The summed E-state index contributed by atoms with van der Waals surface area (Å²) < 4.78 is 0. The minimum absolute atomic E-state index is 0.0831. The van der Waals surface area contributed by atoms with Crippen LogP contribution in [0.2, 0.25) is 0 Å². The third kappa shape index (κ3) is 3.96. The standard InChI is InChI=1S/C9H18ClNO/c1-4-6-11(7-5-10)9(12)8(2)3/h8H,4-7H2,1-3H3. The summed E-state index contributed by atoms with van der Waals surface area (Å²) in [7, 11) is 0. The van der Waals surface area contributed by atoms with E-state index in [1.54, 1.807) is 0 Å². The summed E-state index contributed by atoms with van der Waals surface area (Å²) in [4.78, 5) is 13.3. The van der Waals surface area contributed by atoms with Crippen LogP contribution >= 0.6 is 11.6 Å². The topological polar surface area (TPSA) is 20.3 Å². The second-order valence-corrected chi connectivity index (χ2v) is 3.55. The minimum atomic E-state index is 0.0831. The van der Waals surface area contributed by atoms with Crippen molar-refractivity contribution in [2.45, 2.75) is 27.2 Å². The van der Waals surface area contributed by atoms with Crippen LogP contribution in [0.15, 0.2) is 0 Å². The molecule has 0 N–H and O–H groups in total. The van der Waals surface area contributed by atoms with Gasteiger partial charge in [0.2, 0.25) is 5.91 Å². The van der Waals surface area contributed by atoms with E-state index in [2.05, 4.69) is 6.92 Å². The molecule has 2 nitrogen and oxygen atoms in total. The van der Waals surface area contributed by atoms with Gasteiger partial charge in [-0.2, -0.15) is 0 Å². The van der Waals surface area contributed by atoms with Crippen molar-refractivity contribution < 1.29 is 4.79 Å². The van der Waals surface area contributed by atoms with Crippen LogP contribution < -0.4 is 0 Å². The van der Waals surface area contributed by atoms with Gasteiger partial charge < -0.3 is 4.90 Å². The van der Waals surface area contributed by atoms with Crippen LogP contribution in [0.1, 0.15) is 27.2 Å². The molecule has 0 fully saturated rings. The first kappa shape index (κ1) is 11.8. The predicted octanol–water partition coefficient (Wildman–Crippen LogP) is 2.12. The molecule has 0 bridgehead atoms. The van der Waals surface area contributed by atoms with Gasteiger partial charge in [-0.25, -0.2) is 0 Å². The molecule has 1 amide bonds. The molecular weight excluding hydrogens is 174 g/mol. The Hall–Kier alpha value is -0.240. The molecule has 0 radical (unpaired) electrons. The van der Waals surface area contributed by atoms with E-state index in [-0.39, 0.29) is 11.8 Å². The first-order valence-electron chi connectivity index (χ1n) is 4.48. The molecule has 0 aromatic carbocycles. The van der Waals surface area contributed by atoms with Gasteiger partial charge in [0, 0.05) is 24.9 Å². The van der Waals surface area contributed by atoms with E-state index in [0.29, 0.717) is 12.4 Å². The Morgan fingerprint density at radius 3 is 2.33 bits per heavy atom. The average Bonchev–Trinajstić information content (AvgIpc) is 2.03. The fourth-order valence-electron chi connectivity index (χ4n) is 1.07. The number of hydrogen-bond acceptors (Lipinski definition) is 1. The Bertz CT molecular complexity index is 130. The third-order valence-electron chi connectivity index (χ3n) is 1.65. The number of carbonyl (C=O) groups is 1. The first-order valence-corrected chi connectivity index (χ1v) is 5.01. The van der Waals surface area contributed by atoms with E-state index < -0.39 is 0 Å². The quantitative estimate of drug-likeness (QED) is 0.610. The minimum Gasteiger partial charge on any atom is -0.341 e. The second-order valence-electron chi connectivity index (χ2n) is 3.17. The van der Waals surface area contributed by atoms with Gasteiger partial charge in [0.15, 0.2) is 0 Å². The van der Waals surface area contributed by atoms with Gasteiger partial charge in [-0.1, -0.05) is 20.8 Å². The Morgan fingerprint density at radius 2 is 2.00 bits per heavy atom. The molecule has 0 aromatic heterocycles. The number of alkyl halides is 1. The molecule has 0 aliphatic heterocycles. The number of rotatable bonds is 5. The summed E-state index contributed by atoms with van der Waals surface area (Å²) in [6.07, 6.45) is 0.995. The summed E-state index contributed by atoms with van der Waals surface area (Å²) in [5.74, 6) is 0.815. The average molecular weight is 192 g/mol. The molecule has 0 atom stereocenters. The number of carbonyl (C=O) groups excluding carboxylic acids is 1. The fraction of sp³-hybridized carbons (Fsp3) is 0.889. The zero-order chi connectivity index (χ0) is 9.56. The molecule has 0 spiro atoms. The monoisotopic (exact) mass is 191 g/mol. The van der Waals surface area contributed by atoms with Crippen LogP contribution in [-0.4, -0.2) is 29.8 Å². The Labute approximate surface area is 79.9 Å². The van der Waals surface area contributed by atoms with Crippen molar-refractivity contribution in [3.63, 3.8) is 0 Å². The van der Waals surface area contributed by atoms with E-state index >= 15 is 0 Å². The first-order chi connectivity index (χ1) is 5.63. The van der Waals surface area contributed by atoms with Crippen LogP contribution in [0.5, 0.6) is 0 Å². The van der Waals surface area contributed by atoms with Gasteiger partial charge >= 0.3 is 0 Å². The van der Waals surface area contributed by atoms with E-state index in [4.69, 9.17) is 11.6 Å². The molecule has 3 heteroatoms. The maximum absolute atomic E-state index is 11.5. The summed E-state index contributed by atoms with van der Waals surface area (Å²) in [5.41, 5.74) is 0. The number of nitrogens with zero attached hydrogens (tertiary/aromatic N) is 1. The van der Waals surface area contributed by atoms with Crippen molar-refractivity contribution in [3.8, 4) is 0 Å². The summed E-state index contributed by atoms with van der Waals surface area (Å²) in [6.45, 7) is 7.39. The van der Waals surface area contributed by atoms with E-state index in [1.807, 2.05) is 18.7 Å². The maximum atomic E-state index is 11.5. The van der Waals surface area contributed by atoms with Crippen LogP contribution in [0.4, 0.5) is 0 Å². The van der Waals surface area contributed by atoms with E-state index in [1.165, 1.54) is 0 Å². The van der Waals surface area contributed by atoms with Gasteiger partial charge in [0.05, 0.1) is 0 Å². The largest absolute Gasteiger partial charge is 0.341 e. The van der Waals surface area contributed by atoms with Crippen LogP contribution in [0.3, 0.4) is 0 Å². The summed E-state index contributed by atoms with van der Waals surface area (Å²) >= 11 is 5.59. The lowest BCUT2D eigenvalue weighted by atomic mass is 10.2. The zero-order valence-corrected chi connectivity index (χ0v) is 8.90. The SMILES string of the molecule is CCCN(CCCl)C(=O)C(C)C. The smallest absolute Gasteiger partial charge is 0.225 e. The van der Waals surface area contributed by atoms with Crippen molar-refractivity contribution in [2.24, 2.45) is 5.92 Å². The van der Waals surface area contributed by atoms with Gasteiger partial charge in [0.1, 0.15) is 0 Å². The molecule has 0 aliphatic carbocycles. The Kier molecular flexibility index (Phi) is 6.17. The Balaban J connectivity index is 3.99. The molecule has 0 unspecified atom stereocenters. The molecule has 0 aliphatic rings. The number of halogens is 1. The van der Waals surface area contributed by atoms with E-state index in [9.17, 15) is 4.79 Å². The highest BCUT2D eigenvalue weighted by molar-refractivity contribution is 6.18. The predicted molar refractivity (Wildman–Crippen MR) is 52.4 cm³/mol. The molecule has 12 heavy (non-hydrogen) atoms. The number of amides is 1. The van der Waals surface area contributed by atoms with Crippen molar-refractivity contribution in [2.75, 3.05) is 19.0 Å². The highest BCUT2D eigenvalue weighted by Crippen LogP contribution is 2.02. The van der Waals surface area contributed by atoms with Crippen molar-refractivity contribution in [1.29, 1.82) is 0 Å². The lowest BCUT2D eigenvalue weighted by molar-refractivity contribution is -0.134. The number of hydrogen-bond donors (Lipinski definition) is 0. The molecule has 0 aromatic rings. The highest BCUT2D eigenvalue weighted by Gasteiger charge is 2.14. The fourth-order valence-corrected chi connectivity index (χ4v) is 1.27. The van der Waals surface area contributed by atoms with Crippen LogP contribution in [0.25, 0.3) is 0 Å². The molecular formula is C9H18ClNO. The van der Waals surface area contributed by atoms with Gasteiger partial charge in [0.25, 0.3) is 0 Å². The molecule has 0 saturated carbocycles. The lowest BCUT2D eigenvalue weighted by Gasteiger charge is -2.22. The molecule has 0 heterocycles. The Morgan fingerprint density at radius 1 is 1.42 bits per heavy atom. The van der Waals surface area contributed by atoms with Crippen LogP contribution in [0, 0.1) is 5.92 Å². The zero-order valence-electron chi connectivity index (χ0n) is 8.14. The lowest BCUT2D eigenvalue weighted by Crippen LogP contribution is -2.36. The molecule has 0 rings (SSSR count). The maximum Gasteiger partial charge on any atom is 0.225 e. The van der Waals surface area contributed by atoms with E-state index in [0.717, 1.165) is 13.0 Å². The summed E-state index contributed by atoms with van der Waals surface area (Å²) in [6, 6.07) is 0. The van der Waals surface area contributed by atoms with Gasteiger partial charge in [-0.05, 0) is 6.42 Å². The normalized spacial score (nSPS) is 10.4. The van der Waals surface area contributed by atoms with Crippen LogP contribution in [-0.2, 0) is 4.79 Å². The van der Waals surface area contributed by atoms with Crippen molar-refractivity contribution >= 4 is 17.5 Å².